The van der Waals surface area contributed by atoms with Crippen LogP contribution in [0.25, 0.3) is 0 Å². The summed E-state index contributed by atoms with van der Waals surface area (Å²) in [4.78, 5) is 0. The molecule has 1 fully saturated rings. The Kier molecular flexibility index (Phi) is 2.37. The van der Waals surface area contributed by atoms with Crippen LogP contribution in [0.2, 0.25) is 0 Å². The molecule has 2 nitrogen and oxygen atoms in total. The second-order valence-corrected chi connectivity index (χ2v) is 5.59. The molecule has 0 aromatic heterocycles. The van der Waals surface area contributed by atoms with Gasteiger partial charge in [0.15, 0.2) is 0 Å². The van der Waals surface area contributed by atoms with Crippen LogP contribution in [-0.2, 0) is 0 Å². The second kappa shape index (κ2) is 3.64. The maximum Gasteiger partial charge on any atom is 0.126 e. The summed E-state index contributed by atoms with van der Waals surface area (Å²) in [7, 11) is 0. The molecule has 2 atom stereocenters. The van der Waals surface area contributed by atoms with E-state index >= 15 is 0 Å². The van der Waals surface area contributed by atoms with E-state index < -0.39 is 6.10 Å². The van der Waals surface area contributed by atoms with E-state index in [9.17, 15) is 9.50 Å². The first-order valence-electron chi connectivity index (χ1n) is 5.43. The molecule has 1 saturated heterocycles. The Morgan fingerprint density at radius 2 is 2.38 bits per heavy atom. The van der Waals surface area contributed by atoms with E-state index in [-0.39, 0.29) is 11.4 Å². The Balaban J connectivity index is 1.99. The van der Waals surface area contributed by atoms with Gasteiger partial charge in [0.2, 0.25) is 0 Å². The van der Waals surface area contributed by atoms with Crippen molar-refractivity contribution in [2.45, 2.75) is 24.5 Å². The van der Waals surface area contributed by atoms with Crippen molar-refractivity contribution < 1.29 is 14.2 Å². The fraction of sp³-hybridized carbons (Fsp3) is 0.500. The van der Waals surface area contributed by atoms with Crippen LogP contribution < -0.4 is 4.74 Å². The van der Waals surface area contributed by atoms with Gasteiger partial charge in [-0.05, 0) is 30.4 Å². The van der Waals surface area contributed by atoms with Crippen molar-refractivity contribution in [2.24, 2.45) is 0 Å². The van der Waals surface area contributed by atoms with E-state index in [1.54, 1.807) is 6.07 Å². The molecule has 0 bridgehead atoms. The summed E-state index contributed by atoms with van der Waals surface area (Å²) in [6.07, 6.45) is 0.945. The van der Waals surface area contributed by atoms with Crippen LogP contribution in [0.15, 0.2) is 18.2 Å². The maximum atomic E-state index is 13.1. The van der Waals surface area contributed by atoms with Crippen LogP contribution in [0.3, 0.4) is 0 Å². The maximum absolute atomic E-state index is 13.1. The van der Waals surface area contributed by atoms with E-state index in [2.05, 4.69) is 0 Å². The molecule has 4 heteroatoms. The van der Waals surface area contributed by atoms with Gasteiger partial charge in [0, 0.05) is 17.7 Å². The van der Waals surface area contributed by atoms with Crippen LogP contribution in [0.1, 0.15) is 24.5 Å². The molecule has 1 N–H and O–H groups in total. The summed E-state index contributed by atoms with van der Waals surface area (Å²) in [5, 5.41) is 10.1. The Labute approximate surface area is 97.8 Å². The predicted molar refractivity (Wildman–Crippen MR) is 61.3 cm³/mol. The van der Waals surface area contributed by atoms with Gasteiger partial charge in [-0.1, -0.05) is 0 Å². The Bertz CT molecular complexity index is 415. The molecular weight excluding hydrogens is 227 g/mol. The van der Waals surface area contributed by atoms with E-state index in [0.717, 1.165) is 17.9 Å². The van der Waals surface area contributed by atoms with Crippen LogP contribution in [0.4, 0.5) is 4.39 Å². The largest absolute Gasteiger partial charge is 0.486 e. The Morgan fingerprint density at radius 3 is 3.12 bits per heavy atom. The molecular formula is C12H13FO2S. The highest BCUT2D eigenvalue weighted by Crippen LogP contribution is 2.45. The highest BCUT2D eigenvalue weighted by Gasteiger charge is 2.43. The number of hydrogen-bond donors (Lipinski definition) is 1. The highest BCUT2D eigenvalue weighted by molar-refractivity contribution is 7.99. The molecule has 3 rings (SSSR count). The summed E-state index contributed by atoms with van der Waals surface area (Å²) in [6.45, 7) is 0. The van der Waals surface area contributed by atoms with Crippen molar-refractivity contribution in [3.63, 3.8) is 0 Å². The third kappa shape index (κ3) is 1.60. The molecule has 86 valence electrons. The molecule has 1 aromatic carbocycles. The molecule has 0 saturated carbocycles. The van der Waals surface area contributed by atoms with Crippen molar-refractivity contribution in [2.75, 3.05) is 11.5 Å². The SMILES string of the molecule is O[C@@H]1CC2(CCSC2)Oc2ccc(F)cc21. The lowest BCUT2D eigenvalue weighted by atomic mass is 9.88. The van der Waals surface area contributed by atoms with Crippen molar-refractivity contribution in [3.05, 3.63) is 29.6 Å². The number of aliphatic hydroxyl groups excluding tert-OH is 1. The molecule has 2 aliphatic rings. The van der Waals surface area contributed by atoms with Gasteiger partial charge < -0.3 is 9.84 Å². The molecule has 0 amide bonds. The summed E-state index contributed by atoms with van der Waals surface area (Å²) >= 11 is 1.85. The van der Waals surface area contributed by atoms with Crippen molar-refractivity contribution in [1.82, 2.24) is 0 Å². The fourth-order valence-electron chi connectivity index (χ4n) is 2.44. The number of thioether (sulfide) groups is 1. The molecule has 0 radical (unpaired) electrons. The number of hydrogen-bond acceptors (Lipinski definition) is 3. The number of fused-ring (bicyclic) bond motifs is 1. The quantitative estimate of drug-likeness (QED) is 0.755. The monoisotopic (exact) mass is 240 g/mol. The average molecular weight is 240 g/mol. The molecule has 2 aliphatic heterocycles. The van der Waals surface area contributed by atoms with Gasteiger partial charge in [0.05, 0.1) is 6.10 Å². The van der Waals surface area contributed by atoms with Crippen LogP contribution in [-0.4, -0.2) is 22.2 Å². The third-order valence-electron chi connectivity index (χ3n) is 3.29. The number of rotatable bonds is 0. The second-order valence-electron chi connectivity index (χ2n) is 4.49. The van der Waals surface area contributed by atoms with Gasteiger partial charge in [0.25, 0.3) is 0 Å². The average Bonchev–Trinajstić information content (AvgIpc) is 2.68. The molecule has 1 unspecified atom stereocenters. The van der Waals surface area contributed by atoms with Crippen molar-refractivity contribution in [1.29, 1.82) is 0 Å². The summed E-state index contributed by atoms with van der Waals surface area (Å²) < 4.78 is 19.0. The van der Waals surface area contributed by atoms with E-state index in [0.29, 0.717) is 17.7 Å². The van der Waals surface area contributed by atoms with Gasteiger partial charge in [-0.2, -0.15) is 11.8 Å². The van der Waals surface area contributed by atoms with Gasteiger partial charge in [-0.3, -0.25) is 0 Å². The zero-order valence-corrected chi connectivity index (χ0v) is 9.60. The van der Waals surface area contributed by atoms with Crippen LogP contribution in [0.5, 0.6) is 5.75 Å². The smallest absolute Gasteiger partial charge is 0.126 e. The van der Waals surface area contributed by atoms with E-state index in [4.69, 9.17) is 4.74 Å². The summed E-state index contributed by atoms with van der Waals surface area (Å²) in [5.41, 5.74) is 0.358. The van der Waals surface area contributed by atoms with E-state index in [1.165, 1.54) is 12.1 Å². The molecule has 2 heterocycles. The fourth-order valence-corrected chi connectivity index (χ4v) is 3.79. The molecule has 0 aliphatic carbocycles. The molecule has 1 spiro atoms. The zero-order chi connectivity index (χ0) is 11.2. The highest BCUT2D eigenvalue weighted by atomic mass is 32.2. The Hall–Kier alpha value is -0.740. The zero-order valence-electron chi connectivity index (χ0n) is 8.78. The van der Waals surface area contributed by atoms with Crippen molar-refractivity contribution >= 4 is 11.8 Å². The lowest BCUT2D eigenvalue weighted by Crippen LogP contribution is -2.41. The predicted octanol–water partition coefficient (Wildman–Crippen LogP) is 2.52. The summed E-state index contributed by atoms with van der Waals surface area (Å²) in [5.74, 6) is 2.31. The van der Waals surface area contributed by atoms with Crippen LogP contribution in [0, 0.1) is 5.82 Å². The van der Waals surface area contributed by atoms with Gasteiger partial charge >= 0.3 is 0 Å². The number of halogens is 1. The molecule has 16 heavy (non-hydrogen) atoms. The molecule has 1 aromatic rings. The normalized spacial score (nSPS) is 32.5. The van der Waals surface area contributed by atoms with Gasteiger partial charge in [-0.25, -0.2) is 4.39 Å². The first-order chi connectivity index (χ1) is 7.69. The van der Waals surface area contributed by atoms with E-state index in [1.807, 2.05) is 11.8 Å². The topological polar surface area (TPSA) is 29.5 Å². The van der Waals surface area contributed by atoms with Gasteiger partial charge in [0.1, 0.15) is 17.2 Å². The number of benzene rings is 1. The Morgan fingerprint density at radius 1 is 1.50 bits per heavy atom. The first-order valence-corrected chi connectivity index (χ1v) is 6.58. The number of ether oxygens (including phenoxy) is 1. The minimum Gasteiger partial charge on any atom is -0.486 e. The minimum atomic E-state index is -0.599. The first kappa shape index (κ1) is 10.4. The standard InChI is InChI=1S/C12H13FO2S/c13-8-1-2-11-9(5-8)10(14)6-12(15-11)3-4-16-7-12/h1-2,5,10,14H,3-4,6-7H2/t10-,12?/m1/s1. The van der Waals surface area contributed by atoms with Crippen molar-refractivity contribution in [3.8, 4) is 5.75 Å². The summed E-state index contributed by atoms with van der Waals surface area (Å²) in [6, 6.07) is 4.37. The lowest BCUT2D eigenvalue weighted by molar-refractivity contribution is 0.00380. The minimum absolute atomic E-state index is 0.227. The number of aliphatic hydroxyl groups is 1. The lowest BCUT2D eigenvalue weighted by Gasteiger charge is -2.37. The van der Waals surface area contributed by atoms with Gasteiger partial charge in [-0.15, -0.1) is 0 Å². The van der Waals surface area contributed by atoms with Crippen LogP contribution >= 0.6 is 11.8 Å². The third-order valence-corrected chi connectivity index (χ3v) is 4.51.